The van der Waals surface area contributed by atoms with Crippen LogP contribution in [-0.4, -0.2) is 186 Å². The molecule has 372 valence electrons. The maximum absolute atomic E-state index is 13.2. The molecule has 3 rings (SSSR count). The fourth-order valence-electron chi connectivity index (χ4n) is 6.91. The molecule has 1 aromatic carbocycles. The average molecular weight is 926 g/mol. The molecule has 1 unspecified atom stereocenters. The third-order valence-corrected chi connectivity index (χ3v) is 10.4. The lowest BCUT2D eigenvalue weighted by atomic mass is 10.0. The van der Waals surface area contributed by atoms with Crippen molar-refractivity contribution in [2.24, 2.45) is 0 Å². The summed E-state index contributed by atoms with van der Waals surface area (Å²) in [6.45, 7) is 13.6. The molecule has 2 aliphatic rings. The Hall–Kier alpha value is -3.14. The standard InChI is InChI=1S/C47H79N3O15/c1-2-3-4-5-6-7-8-9-10-11-18-55-20-22-57-24-26-59-28-30-61-32-34-63-36-38-65-39-37-64-35-33-62-31-29-60-27-25-58-23-21-56-19-17-48-41-14-12-13-40-44(41)47(54)50(46(40)53)42-15-16-43(51)49-45(42)52/h12-14,42,48H,2-11,15-39H2,1H3,(H,49,51,52). The van der Waals surface area contributed by atoms with E-state index < -0.39 is 29.7 Å². The molecular weight excluding hydrogens is 847 g/mol. The number of anilines is 1. The second kappa shape index (κ2) is 38.9. The second-order valence-corrected chi connectivity index (χ2v) is 15.5. The Bertz CT molecular complexity index is 1410. The number of hydrogen-bond acceptors (Lipinski definition) is 16. The maximum Gasteiger partial charge on any atom is 0.264 e. The van der Waals surface area contributed by atoms with E-state index in [-0.39, 0.29) is 24.0 Å². The summed E-state index contributed by atoms with van der Waals surface area (Å²) >= 11 is 0. The van der Waals surface area contributed by atoms with E-state index in [1.54, 1.807) is 18.2 Å². The second-order valence-electron chi connectivity index (χ2n) is 15.5. The fraction of sp³-hybridized carbons (Fsp3) is 0.787. The quantitative estimate of drug-likeness (QED) is 0.0679. The Kier molecular flexibility index (Phi) is 33.6. The zero-order valence-electron chi connectivity index (χ0n) is 39.1. The first-order valence-electron chi connectivity index (χ1n) is 24.0. The first kappa shape index (κ1) is 56.2. The number of ether oxygens (including phenoxy) is 11. The summed E-state index contributed by atoms with van der Waals surface area (Å²) in [6, 6.07) is 3.91. The van der Waals surface area contributed by atoms with Crippen molar-refractivity contribution >= 4 is 29.3 Å². The molecule has 4 amide bonds. The highest BCUT2D eigenvalue weighted by molar-refractivity contribution is 6.25. The number of benzene rings is 1. The molecule has 2 heterocycles. The molecule has 1 aromatic rings. The molecule has 18 heteroatoms. The summed E-state index contributed by atoms with van der Waals surface area (Å²) in [6.07, 6.45) is 13.5. The third kappa shape index (κ3) is 26.1. The molecule has 65 heavy (non-hydrogen) atoms. The summed E-state index contributed by atoms with van der Waals surface area (Å²) in [5.74, 6) is -2.16. The van der Waals surface area contributed by atoms with Gasteiger partial charge in [0.25, 0.3) is 11.8 Å². The lowest BCUT2D eigenvalue weighted by Crippen LogP contribution is -2.54. The van der Waals surface area contributed by atoms with Crippen LogP contribution in [0.4, 0.5) is 5.69 Å². The molecule has 1 saturated heterocycles. The van der Waals surface area contributed by atoms with Crippen LogP contribution >= 0.6 is 0 Å². The largest absolute Gasteiger partial charge is 0.382 e. The minimum Gasteiger partial charge on any atom is -0.382 e. The van der Waals surface area contributed by atoms with E-state index in [2.05, 4.69) is 17.6 Å². The van der Waals surface area contributed by atoms with Crippen LogP contribution in [0.2, 0.25) is 0 Å². The van der Waals surface area contributed by atoms with Crippen molar-refractivity contribution in [2.45, 2.75) is 90.0 Å². The highest BCUT2D eigenvalue weighted by Crippen LogP contribution is 2.32. The number of nitrogens with one attached hydrogen (secondary N) is 2. The van der Waals surface area contributed by atoms with E-state index in [9.17, 15) is 19.2 Å². The van der Waals surface area contributed by atoms with Crippen LogP contribution in [0.25, 0.3) is 0 Å². The zero-order chi connectivity index (χ0) is 46.3. The Morgan fingerprint density at radius 3 is 1.29 bits per heavy atom. The van der Waals surface area contributed by atoms with Gasteiger partial charge in [-0.25, -0.2) is 0 Å². The summed E-state index contributed by atoms with van der Waals surface area (Å²) < 4.78 is 61.0. The summed E-state index contributed by atoms with van der Waals surface area (Å²) in [5, 5.41) is 5.34. The number of fused-ring (bicyclic) bond motifs is 1. The van der Waals surface area contributed by atoms with Gasteiger partial charge < -0.3 is 57.4 Å². The molecule has 0 spiro atoms. The molecular formula is C47H79N3O15. The van der Waals surface area contributed by atoms with Gasteiger partial charge in [0, 0.05) is 25.3 Å². The number of carbonyl (C=O) groups excluding carboxylic acids is 4. The number of nitrogens with zero attached hydrogens (tertiary/aromatic N) is 1. The van der Waals surface area contributed by atoms with Gasteiger partial charge in [0.1, 0.15) is 6.04 Å². The topological polar surface area (TPSA) is 197 Å². The fourth-order valence-corrected chi connectivity index (χ4v) is 6.91. The van der Waals surface area contributed by atoms with Gasteiger partial charge >= 0.3 is 0 Å². The maximum atomic E-state index is 13.2. The number of rotatable bonds is 46. The van der Waals surface area contributed by atoms with Gasteiger partial charge in [-0.1, -0.05) is 70.8 Å². The van der Waals surface area contributed by atoms with Crippen LogP contribution < -0.4 is 10.6 Å². The molecule has 0 saturated carbocycles. The van der Waals surface area contributed by atoms with Crippen LogP contribution in [0.15, 0.2) is 18.2 Å². The number of unbranched alkanes of at least 4 members (excludes halogenated alkanes) is 9. The lowest BCUT2D eigenvalue weighted by Gasteiger charge is -2.27. The van der Waals surface area contributed by atoms with Crippen molar-refractivity contribution < 1.29 is 71.3 Å². The number of amides is 4. The zero-order valence-corrected chi connectivity index (χ0v) is 39.1. The normalized spacial score (nSPS) is 15.0. The van der Waals surface area contributed by atoms with Gasteiger partial charge in [0.2, 0.25) is 11.8 Å². The van der Waals surface area contributed by atoms with E-state index in [1.165, 1.54) is 57.8 Å². The molecule has 18 nitrogen and oxygen atoms in total. The van der Waals surface area contributed by atoms with Crippen molar-refractivity contribution in [3.8, 4) is 0 Å². The molecule has 1 atom stereocenters. The predicted molar refractivity (Wildman–Crippen MR) is 242 cm³/mol. The Morgan fingerprint density at radius 2 is 0.877 bits per heavy atom. The first-order valence-corrected chi connectivity index (χ1v) is 24.0. The van der Waals surface area contributed by atoms with Crippen LogP contribution in [0.1, 0.15) is 105 Å². The van der Waals surface area contributed by atoms with E-state index in [1.807, 2.05) is 0 Å². The number of imide groups is 2. The molecule has 0 aromatic heterocycles. The monoisotopic (exact) mass is 926 g/mol. The summed E-state index contributed by atoms with van der Waals surface area (Å²) in [4.78, 5) is 51.0. The van der Waals surface area contributed by atoms with E-state index in [4.69, 9.17) is 52.1 Å². The van der Waals surface area contributed by atoms with Crippen LogP contribution in [-0.2, 0) is 61.7 Å². The SMILES string of the molecule is CCCCCCCCCCCCOCCOCCOCCOCCOCCOCCOCCOCCOCCOCCOCCNc1cccc2c1C(=O)N(C1CCC(=O)NC1=O)C2=O. The lowest BCUT2D eigenvalue weighted by molar-refractivity contribution is -0.136. The van der Waals surface area contributed by atoms with Crippen molar-refractivity contribution in [2.75, 3.05) is 157 Å². The van der Waals surface area contributed by atoms with Crippen molar-refractivity contribution in [3.63, 3.8) is 0 Å². The smallest absolute Gasteiger partial charge is 0.264 e. The average Bonchev–Trinajstić information content (AvgIpc) is 3.56. The summed E-state index contributed by atoms with van der Waals surface area (Å²) in [5.41, 5.74) is 0.911. The first-order chi connectivity index (χ1) is 32.0. The highest BCUT2D eigenvalue weighted by atomic mass is 16.6. The Balaban J connectivity index is 0.948. The van der Waals surface area contributed by atoms with Gasteiger partial charge in [-0.3, -0.25) is 29.4 Å². The van der Waals surface area contributed by atoms with E-state index in [0.717, 1.165) is 17.9 Å². The Morgan fingerprint density at radius 1 is 0.492 bits per heavy atom. The predicted octanol–water partition coefficient (Wildman–Crippen LogP) is 4.60. The third-order valence-electron chi connectivity index (χ3n) is 10.4. The van der Waals surface area contributed by atoms with Crippen LogP contribution in [0, 0.1) is 0 Å². The molecule has 2 N–H and O–H groups in total. The van der Waals surface area contributed by atoms with Crippen molar-refractivity contribution in [1.82, 2.24) is 10.2 Å². The van der Waals surface area contributed by atoms with Crippen LogP contribution in [0.5, 0.6) is 0 Å². The molecule has 0 radical (unpaired) electrons. The van der Waals surface area contributed by atoms with Gasteiger partial charge in [-0.2, -0.15) is 0 Å². The summed E-state index contributed by atoms with van der Waals surface area (Å²) in [7, 11) is 0. The van der Waals surface area contributed by atoms with E-state index >= 15 is 0 Å². The minimum absolute atomic E-state index is 0.0658. The molecule has 0 bridgehead atoms. The number of piperidine rings is 1. The van der Waals surface area contributed by atoms with Crippen LogP contribution in [0.3, 0.4) is 0 Å². The van der Waals surface area contributed by atoms with Gasteiger partial charge in [0.05, 0.1) is 150 Å². The van der Waals surface area contributed by atoms with Crippen molar-refractivity contribution in [3.05, 3.63) is 29.3 Å². The molecule has 2 aliphatic heterocycles. The van der Waals surface area contributed by atoms with E-state index in [0.29, 0.717) is 151 Å². The molecule has 0 aliphatic carbocycles. The van der Waals surface area contributed by atoms with Gasteiger partial charge in [-0.15, -0.1) is 0 Å². The highest BCUT2D eigenvalue weighted by Gasteiger charge is 2.45. The number of carbonyl (C=O) groups is 4. The molecule has 1 fully saturated rings. The Labute approximate surface area is 386 Å². The minimum atomic E-state index is -1.01. The van der Waals surface area contributed by atoms with Crippen molar-refractivity contribution in [1.29, 1.82) is 0 Å². The van der Waals surface area contributed by atoms with Gasteiger partial charge in [0.15, 0.2) is 0 Å². The van der Waals surface area contributed by atoms with Gasteiger partial charge in [-0.05, 0) is 25.0 Å². The number of hydrogen-bond donors (Lipinski definition) is 2.